The monoisotopic (exact) mass is 378 g/mol. The van der Waals surface area contributed by atoms with Crippen molar-refractivity contribution in [2.75, 3.05) is 20.3 Å². The largest absolute Gasteiger partial charge is 0.503 e. The topological polar surface area (TPSA) is 92.9 Å². The molecule has 0 unspecified atom stereocenters. The number of pyridine rings is 1. The van der Waals surface area contributed by atoms with Crippen molar-refractivity contribution >= 4 is 22.7 Å². The van der Waals surface area contributed by atoms with Gasteiger partial charge in [-0.1, -0.05) is 24.3 Å². The standard InChI is InChI=1S/C21H18N2O5/c1-27-10-9-23-18(14-6-4-8-22-12-14)17(20(25)21(23)26)19(24)16-11-13-5-2-3-7-15(13)28-16/h2-8,11-12,18,25H,9-10H2,1H3/t18-/m1/s1. The summed E-state index contributed by atoms with van der Waals surface area (Å²) in [5.41, 5.74) is 1.16. The molecule has 3 heterocycles. The van der Waals surface area contributed by atoms with Crippen LogP contribution in [0.1, 0.15) is 22.2 Å². The second kappa shape index (κ2) is 7.28. The van der Waals surface area contributed by atoms with Gasteiger partial charge in [-0.3, -0.25) is 14.6 Å². The maximum Gasteiger partial charge on any atom is 0.290 e. The summed E-state index contributed by atoms with van der Waals surface area (Å²) >= 11 is 0. The van der Waals surface area contributed by atoms with Crippen molar-refractivity contribution in [3.05, 3.63) is 77.5 Å². The predicted molar refractivity (Wildman–Crippen MR) is 101 cm³/mol. The van der Waals surface area contributed by atoms with E-state index in [2.05, 4.69) is 4.98 Å². The number of aliphatic hydroxyl groups is 1. The summed E-state index contributed by atoms with van der Waals surface area (Å²) < 4.78 is 10.7. The molecule has 2 aromatic heterocycles. The molecule has 1 aliphatic heterocycles. The van der Waals surface area contributed by atoms with Crippen LogP contribution in [-0.2, 0) is 9.53 Å². The molecule has 7 nitrogen and oxygen atoms in total. The van der Waals surface area contributed by atoms with E-state index in [1.54, 1.807) is 42.7 Å². The Morgan fingerprint density at radius 1 is 1.29 bits per heavy atom. The summed E-state index contributed by atoms with van der Waals surface area (Å²) in [5, 5.41) is 11.3. The molecule has 0 spiro atoms. The molecule has 1 aromatic carbocycles. The van der Waals surface area contributed by atoms with Crippen molar-refractivity contribution in [1.29, 1.82) is 0 Å². The van der Waals surface area contributed by atoms with E-state index in [9.17, 15) is 14.7 Å². The number of ether oxygens (including phenoxy) is 1. The van der Waals surface area contributed by atoms with Crippen molar-refractivity contribution in [3.63, 3.8) is 0 Å². The third-order valence-corrected chi connectivity index (χ3v) is 4.73. The molecule has 7 heteroatoms. The van der Waals surface area contributed by atoms with Crippen molar-refractivity contribution in [3.8, 4) is 0 Å². The summed E-state index contributed by atoms with van der Waals surface area (Å²) in [6.07, 6.45) is 3.17. The Bertz CT molecular complexity index is 1040. The van der Waals surface area contributed by atoms with Crippen LogP contribution in [0.25, 0.3) is 11.0 Å². The van der Waals surface area contributed by atoms with Crippen molar-refractivity contribution in [2.24, 2.45) is 0 Å². The van der Waals surface area contributed by atoms with Gasteiger partial charge in [0.15, 0.2) is 11.5 Å². The molecule has 0 fully saturated rings. The minimum Gasteiger partial charge on any atom is -0.503 e. The number of benzene rings is 1. The highest BCUT2D eigenvalue weighted by atomic mass is 16.5. The number of fused-ring (bicyclic) bond motifs is 1. The fraction of sp³-hybridized carbons (Fsp3) is 0.190. The number of para-hydroxylation sites is 1. The van der Waals surface area contributed by atoms with E-state index in [1.165, 1.54) is 12.0 Å². The number of nitrogens with zero attached hydrogens (tertiary/aromatic N) is 2. The van der Waals surface area contributed by atoms with Crippen LogP contribution in [0.2, 0.25) is 0 Å². The summed E-state index contributed by atoms with van der Waals surface area (Å²) in [6.45, 7) is 0.484. The van der Waals surface area contributed by atoms with Crippen molar-refractivity contribution in [2.45, 2.75) is 6.04 Å². The first-order valence-corrected chi connectivity index (χ1v) is 8.78. The molecule has 0 aliphatic carbocycles. The highest BCUT2D eigenvalue weighted by Gasteiger charge is 2.44. The number of ketones is 1. The molecule has 0 bridgehead atoms. The molecule has 142 valence electrons. The van der Waals surface area contributed by atoms with Gasteiger partial charge in [-0.15, -0.1) is 0 Å². The quantitative estimate of drug-likeness (QED) is 0.663. The van der Waals surface area contributed by atoms with Crippen LogP contribution < -0.4 is 0 Å². The van der Waals surface area contributed by atoms with E-state index in [4.69, 9.17) is 9.15 Å². The average Bonchev–Trinajstić information content (AvgIpc) is 3.26. The van der Waals surface area contributed by atoms with Crippen LogP contribution >= 0.6 is 0 Å². The van der Waals surface area contributed by atoms with E-state index in [-0.39, 0.29) is 24.5 Å². The van der Waals surface area contributed by atoms with E-state index >= 15 is 0 Å². The highest BCUT2D eigenvalue weighted by molar-refractivity contribution is 6.15. The first-order chi connectivity index (χ1) is 13.6. The lowest BCUT2D eigenvalue weighted by molar-refractivity contribution is -0.130. The number of Topliss-reactive ketones (excluding diaryl/α,β-unsaturated/α-hetero) is 1. The van der Waals surface area contributed by atoms with Gasteiger partial charge in [0.1, 0.15) is 5.58 Å². The fourth-order valence-electron chi connectivity index (χ4n) is 3.42. The van der Waals surface area contributed by atoms with Gasteiger partial charge in [-0.25, -0.2) is 0 Å². The third-order valence-electron chi connectivity index (χ3n) is 4.73. The summed E-state index contributed by atoms with van der Waals surface area (Å²) in [7, 11) is 1.52. The highest BCUT2D eigenvalue weighted by Crippen LogP contribution is 2.39. The van der Waals surface area contributed by atoms with E-state index in [0.29, 0.717) is 11.1 Å². The number of hydrogen-bond acceptors (Lipinski definition) is 6. The summed E-state index contributed by atoms with van der Waals surface area (Å²) in [4.78, 5) is 31.4. The molecule has 1 N–H and O–H groups in total. The molecule has 28 heavy (non-hydrogen) atoms. The molecule has 1 aliphatic rings. The van der Waals surface area contributed by atoms with Crippen molar-refractivity contribution in [1.82, 2.24) is 9.88 Å². The number of furan rings is 1. The van der Waals surface area contributed by atoms with Gasteiger partial charge in [0.2, 0.25) is 5.78 Å². The van der Waals surface area contributed by atoms with Crippen LogP contribution in [0.5, 0.6) is 0 Å². The Morgan fingerprint density at radius 2 is 2.11 bits per heavy atom. The second-order valence-electron chi connectivity index (χ2n) is 6.42. The van der Waals surface area contributed by atoms with Crippen LogP contribution in [-0.4, -0.2) is 46.9 Å². The van der Waals surface area contributed by atoms with Gasteiger partial charge < -0.3 is 19.2 Å². The number of hydrogen-bond donors (Lipinski definition) is 1. The van der Waals surface area contributed by atoms with Gasteiger partial charge in [0.05, 0.1) is 18.2 Å². The second-order valence-corrected chi connectivity index (χ2v) is 6.42. The Balaban J connectivity index is 1.79. The zero-order valence-electron chi connectivity index (χ0n) is 15.2. The number of aromatic nitrogens is 1. The molecule has 0 radical (unpaired) electrons. The smallest absolute Gasteiger partial charge is 0.290 e. The van der Waals surface area contributed by atoms with E-state index < -0.39 is 23.5 Å². The fourth-order valence-corrected chi connectivity index (χ4v) is 3.42. The number of carbonyl (C=O) groups excluding carboxylic acids is 2. The lowest BCUT2D eigenvalue weighted by Gasteiger charge is -2.26. The number of carbonyl (C=O) groups is 2. The summed E-state index contributed by atoms with van der Waals surface area (Å²) in [5.74, 6) is -1.66. The summed E-state index contributed by atoms with van der Waals surface area (Å²) in [6, 6.07) is 11.5. The Labute approximate surface area is 160 Å². The SMILES string of the molecule is COCCN1C(=O)C(O)=C(C(=O)c2cc3ccccc3o2)[C@H]1c1cccnc1. The van der Waals surface area contributed by atoms with Crippen LogP contribution in [0.3, 0.4) is 0 Å². The van der Waals surface area contributed by atoms with E-state index in [1.807, 2.05) is 12.1 Å². The predicted octanol–water partition coefficient (Wildman–Crippen LogP) is 3.05. The van der Waals surface area contributed by atoms with Gasteiger partial charge >= 0.3 is 0 Å². The average molecular weight is 378 g/mol. The zero-order valence-corrected chi connectivity index (χ0v) is 15.2. The molecule has 1 amide bonds. The first kappa shape index (κ1) is 17.9. The Morgan fingerprint density at radius 3 is 2.82 bits per heavy atom. The molecular weight excluding hydrogens is 360 g/mol. The van der Waals surface area contributed by atoms with Gasteiger partial charge in [0.25, 0.3) is 5.91 Å². The number of aliphatic hydroxyl groups excluding tert-OH is 1. The minimum absolute atomic E-state index is 0.0202. The Hall–Kier alpha value is -3.45. The van der Waals surface area contributed by atoms with Gasteiger partial charge in [0, 0.05) is 31.4 Å². The maximum absolute atomic E-state index is 13.2. The number of amides is 1. The number of methoxy groups -OCH3 is 1. The normalized spacial score (nSPS) is 17.0. The molecule has 0 saturated carbocycles. The minimum atomic E-state index is -0.767. The van der Waals surface area contributed by atoms with Crippen LogP contribution in [0.4, 0.5) is 0 Å². The first-order valence-electron chi connectivity index (χ1n) is 8.78. The van der Waals surface area contributed by atoms with Crippen molar-refractivity contribution < 1.29 is 23.8 Å². The molecule has 3 aromatic rings. The molecule has 4 rings (SSSR count). The van der Waals surface area contributed by atoms with E-state index in [0.717, 1.165) is 5.39 Å². The lowest BCUT2D eigenvalue weighted by Crippen LogP contribution is -2.34. The van der Waals surface area contributed by atoms with Gasteiger partial charge in [-0.05, 0) is 23.8 Å². The third kappa shape index (κ3) is 2.95. The maximum atomic E-state index is 13.2. The van der Waals surface area contributed by atoms with Crippen LogP contribution in [0, 0.1) is 0 Å². The Kier molecular flexibility index (Phi) is 4.67. The molecule has 1 atom stereocenters. The lowest BCUT2D eigenvalue weighted by atomic mass is 9.96. The number of rotatable bonds is 6. The molecular formula is C21H18N2O5. The van der Waals surface area contributed by atoms with Crippen LogP contribution in [0.15, 0.2) is 70.6 Å². The zero-order chi connectivity index (χ0) is 19.7. The molecule has 0 saturated heterocycles. The van der Waals surface area contributed by atoms with Gasteiger partial charge in [-0.2, -0.15) is 0 Å².